The number of amides is 2. The lowest BCUT2D eigenvalue weighted by Crippen LogP contribution is -2.20. The molecule has 7 nitrogen and oxygen atoms in total. The van der Waals surface area contributed by atoms with Gasteiger partial charge in [-0.1, -0.05) is 0 Å². The first kappa shape index (κ1) is 18.5. The van der Waals surface area contributed by atoms with Crippen LogP contribution in [0.1, 0.15) is 34.6 Å². The molecule has 0 radical (unpaired) electrons. The molecule has 132 valence electrons. The van der Waals surface area contributed by atoms with Crippen molar-refractivity contribution >= 4 is 33.9 Å². The normalized spacial score (nSPS) is 9.92. The van der Waals surface area contributed by atoms with Crippen LogP contribution in [0.5, 0.6) is 11.5 Å². The van der Waals surface area contributed by atoms with E-state index in [9.17, 15) is 9.59 Å². The predicted octanol–water partition coefficient (Wildman–Crippen LogP) is 3.14. The number of hydrogen-bond acceptors (Lipinski definition) is 6. The summed E-state index contributed by atoms with van der Waals surface area (Å²) in [6, 6.07) is 6.49. The van der Waals surface area contributed by atoms with Gasteiger partial charge < -0.3 is 14.8 Å². The molecule has 2 rings (SSSR count). The molecule has 0 spiro atoms. The predicted molar refractivity (Wildman–Crippen MR) is 98.1 cm³/mol. The molecule has 1 aromatic heterocycles. The largest absolute Gasteiger partial charge is 0.497 e. The molecular weight excluding hydrogens is 342 g/mol. The van der Waals surface area contributed by atoms with Crippen LogP contribution in [0.2, 0.25) is 0 Å². The zero-order chi connectivity index (χ0) is 18.4. The third kappa shape index (κ3) is 4.80. The summed E-state index contributed by atoms with van der Waals surface area (Å²) >= 11 is 1.25. The van der Waals surface area contributed by atoms with Gasteiger partial charge in [0.05, 0.1) is 19.8 Å². The maximum atomic E-state index is 12.5. The van der Waals surface area contributed by atoms with Crippen molar-refractivity contribution in [3.05, 3.63) is 40.8 Å². The van der Waals surface area contributed by atoms with Gasteiger partial charge in [-0.3, -0.25) is 9.59 Å². The van der Waals surface area contributed by atoms with E-state index in [0.717, 1.165) is 5.71 Å². The van der Waals surface area contributed by atoms with E-state index in [2.05, 4.69) is 15.8 Å². The quantitative estimate of drug-likeness (QED) is 0.611. The number of nitrogens with zero attached hydrogens (tertiary/aromatic N) is 1. The van der Waals surface area contributed by atoms with Gasteiger partial charge in [0.1, 0.15) is 16.5 Å². The summed E-state index contributed by atoms with van der Waals surface area (Å²) in [6.45, 7) is 3.54. The lowest BCUT2D eigenvalue weighted by Gasteiger charge is -2.09. The molecule has 2 aromatic rings. The van der Waals surface area contributed by atoms with Crippen molar-refractivity contribution in [3.63, 3.8) is 0 Å². The van der Waals surface area contributed by atoms with Crippen molar-refractivity contribution < 1.29 is 19.1 Å². The van der Waals surface area contributed by atoms with Crippen LogP contribution in [0.4, 0.5) is 5.00 Å². The number of methoxy groups -OCH3 is 2. The van der Waals surface area contributed by atoms with Gasteiger partial charge in [0, 0.05) is 17.3 Å². The SMILES string of the molecule is COc1cc(OC)cc(C(=O)Nc2sccc2C(=O)NN=C(C)C)c1. The lowest BCUT2D eigenvalue weighted by molar-refractivity contribution is 0.0956. The van der Waals surface area contributed by atoms with Crippen LogP contribution in [-0.4, -0.2) is 31.7 Å². The highest BCUT2D eigenvalue weighted by molar-refractivity contribution is 7.14. The maximum absolute atomic E-state index is 12.5. The summed E-state index contributed by atoms with van der Waals surface area (Å²) < 4.78 is 10.3. The van der Waals surface area contributed by atoms with Gasteiger partial charge in [0.2, 0.25) is 0 Å². The molecule has 0 aliphatic carbocycles. The Bertz CT molecular complexity index is 788. The number of carbonyl (C=O) groups is 2. The second kappa shape index (κ2) is 8.29. The van der Waals surface area contributed by atoms with Crippen molar-refractivity contribution in [1.29, 1.82) is 0 Å². The zero-order valence-corrected chi connectivity index (χ0v) is 15.2. The Balaban J connectivity index is 2.21. The second-order valence-corrected chi connectivity index (χ2v) is 6.13. The highest BCUT2D eigenvalue weighted by Crippen LogP contribution is 2.26. The third-order valence-electron chi connectivity index (χ3n) is 3.13. The fourth-order valence-electron chi connectivity index (χ4n) is 1.92. The topological polar surface area (TPSA) is 89.0 Å². The number of benzene rings is 1. The van der Waals surface area contributed by atoms with Crippen LogP contribution in [-0.2, 0) is 0 Å². The fraction of sp³-hybridized carbons (Fsp3) is 0.235. The molecule has 2 amide bonds. The highest BCUT2D eigenvalue weighted by Gasteiger charge is 2.17. The molecular formula is C17H19N3O4S. The average molecular weight is 361 g/mol. The first-order valence-corrected chi connectivity index (χ1v) is 8.25. The first-order valence-electron chi connectivity index (χ1n) is 7.37. The number of carbonyl (C=O) groups excluding carboxylic acids is 2. The van der Waals surface area contributed by atoms with Crippen LogP contribution >= 0.6 is 11.3 Å². The fourth-order valence-corrected chi connectivity index (χ4v) is 2.70. The molecule has 0 saturated carbocycles. The van der Waals surface area contributed by atoms with E-state index in [-0.39, 0.29) is 11.8 Å². The molecule has 0 aliphatic rings. The van der Waals surface area contributed by atoms with Crippen molar-refractivity contribution in [2.75, 3.05) is 19.5 Å². The minimum absolute atomic E-state index is 0.346. The molecule has 0 fully saturated rings. The van der Waals surface area contributed by atoms with Gasteiger partial charge >= 0.3 is 0 Å². The standard InChI is InChI=1S/C17H19N3O4S/c1-10(2)19-20-16(22)14-5-6-25-17(14)18-15(21)11-7-12(23-3)9-13(8-11)24-4/h5-9H,1-4H3,(H,18,21)(H,20,22). The van der Waals surface area contributed by atoms with Crippen molar-refractivity contribution in [1.82, 2.24) is 5.43 Å². The molecule has 0 unspecified atom stereocenters. The van der Waals surface area contributed by atoms with Crippen molar-refractivity contribution in [3.8, 4) is 11.5 Å². The van der Waals surface area contributed by atoms with Gasteiger partial charge in [-0.05, 0) is 37.4 Å². The summed E-state index contributed by atoms with van der Waals surface area (Å²) in [5.41, 5.74) is 3.86. The van der Waals surface area contributed by atoms with E-state index >= 15 is 0 Å². The highest BCUT2D eigenvalue weighted by atomic mass is 32.1. The Hall–Kier alpha value is -2.87. The minimum atomic E-state index is -0.388. The Kier molecular flexibility index (Phi) is 6.13. The van der Waals surface area contributed by atoms with E-state index in [0.29, 0.717) is 27.6 Å². The maximum Gasteiger partial charge on any atom is 0.274 e. The smallest absolute Gasteiger partial charge is 0.274 e. The van der Waals surface area contributed by atoms with Gasteiger partial charge in [0.25, 0.3) is 11.8 Å². The zero-order valence-electron chi connectivity index (χ0n) is 14.4. The van der Waals surface area contributed by atoms with Crippen molar-refractivity contribution in [2.45, 2.75) is 13.8 Å². The number of anilines is 1. The summed E-state index contributed by atoms with van der Waals surface area (Å²) in [5, 5.41) is 8.78. The van der Waals surface area contributed by atoms with E-state index in [1.165, 1.54) is 25.6 Å². The summed E-state index contributed by atoms with van der Waals surface area (Å²) in [5.74, 6) is 0.243. The number of ether oxygens (including phenoxy) is 2. The Morgan fingerprint density at radius 1 is 1.04 bits per heavy atom. The summed E-state index contributed by atoms with van der Waals surface area (Å²) in [7, 11) is 3.02. The van der Waals surface area contributed by atoms with E-state index in [1.807, 2.05) is 0 Å². The number of hydrogen-bond donors (Lipinski definition) is 2. The van der Waals surface area contributed by atoms with Crippen LogP contribution in [0, 0.1) is 0 Å². The Morgan fingerprint density at radius 2 is 1.68 bits per heavy atom. The molecule has 0 bridgehead atoms. The molecule has 1 heterocycles. The molecule has 1 aromatic carbocycles. The number of nitrogens with one attached hydrogen (secondary N) is 2. The Labute approximate surface area is 149 Å². The van der Waals surface area contributed by atoms with Gasteiger partial charge in [-0.15, -0.1) is 11.3 Å². The molecule has 0 saturated heterocycles. The van der Waals surface area contributed by atoms with Crippen LogP contribution in [0.3, 0.4) is 0 Å². The van der Waals surface area contributed by atoms with Crippen LogP contribution in [0.25, 0.3) is 0 Å². The number of thiophene rings is 1. The van der Waals surface area contributed by atoms with E-state index in [4.69, 9.17) is 9.47 Å². The molecule has 0 atom stereocenters. The summed E-state index contributed by atoms with van der Waals surface area (Å²) in [6.07, 6.45) is 0. The van der Waals surface area contributed by atoms with Gasteiger partial charge in [-0.2, -0.15) is 5.10 Å². The van der Waals surface area contributed by atoms with E-state index in [1.54, 1.807) is 43.5 Å². The van der Waals surface area contributed by atoms with E-state index < -0.39 is 0 Å². The van der Waals surface area contributed by atoms with Crippen LogP contribution < -0.4 is 20.2 Å². The average Bonchev–Trinajstić information content (AvgIpc) is 3.07. The van der Waals surface area contributed by atoms with Gasteiger partial charge in [-0.25, -0.2) is 5.43 Å². The monoisotopic (exact) mass is 361 g/mol. The minimum Gasteiger partial charge on any atom is -0.497 e. The van der Waals surface area contributed by atoms with Crippen LogP contribution in [0.15, 0.2) is 34.7 Å². The Morgan fingerprint density at radius 3 is 2.24 bits per heavy atom. The lowest BCUT2D eigenvalue weighted by atomic mass is 10.2. The van der Waals surface area contributed by atoms with Crippen molar-refractivity contribution in [2.24, 2.45) is 5.10 Å². The molecule has 25 heavy (non-hydrogen) atoms. The molecule has 0 aliphatic heterocycles. The number of rotatable bonds is 6. The molecule has 2 N–H and O–H groups in total. The number of hydrazone groups is 1. The second-order valence-electron chi connectivity index (χ2n) is 5.22. The molecule has 8 heteroatoms. The third-order valence-corrected chi connectivity index (χ3v) is 3.96. The first-order chi connectivity index (χ1) is 11.9. The van der Waals surface area contributed by atoms with Gasteiger partial charge in [0.15, 0.2) is 0 Å². The summed E-state index contributed by atoms with van der Waals surface area (Å²) in [4.78, 5) is 24.7.